The molecule has 1 rings (SSSR count). The van der Waals surface area contributed by atoms with E-state index in [1.165, 1.54) is 0 Å². The van der Waals surface area contributed by atoms with E-state index >= 15 is 0 Å². The molecule has 0 aromatic heterocycles. The Bertz CT molecular complexity index is 543. The van der Waals surface area contributed by atoms with Crippen LogP contribution in [0.15, 0.2) is 29.3 Å². The SMILES string of the molecule is CN=C(NCCCOCCOC)NCc1cccc(OCC(N)=O)c1.I. The molecule has 0 atom stereocenters. The molecule has 26 heavy (non-hydrogen) atoms. The van der Waals surface area contributed by atoms with Crippen molar-refractivity contribution in [3.63, 3.8) is 0 Å². The van der Waals surface area contributed by atoms with Gasteiger partial charge in [-0.25, -0.2) is 0 Å². The third kappa shape index (κ3) is 11.9. The lowest BCUT2D eigenvalue weighted by Crippen LogP contribution is -2.37. The summed E-state index contributed by atoms with van der Waals surface area (Å²) in [4.78, 5) is 14.9. The van der Waals surface area contributed by atoms with Crippen molar-refractivity contribution in [3.05, 3.63) is 29.8 Å². The van der Waals surface area contributed by atoms with Crippen molar-refractivity contribution in [3.8, 4) is 5.75 Å². The summed E-state index contributed by atoms with van der Waals surface area (Å²) in [6, 6.07) is 7.46. The Kier molecular flexibility index (Phi) is 14.7. The van der Waals surface area contributed by atoms with Gasteiger partial charge in [-0.2, -0.15) is 0 Å². The Hall–Kier alpha value is -1.59. The van der Waals surface area contributed by atoms with Gasteiger partial charge in [0.2, 0.25) is 0 Å². The van der Waals surface area contributed by atoms with Crippen LogP contribution in [-0.2, 0) is 20.8 Å². The van der Waals surface area contributed by atoms with Crippen LogP contribution in [0, 0.1) is 0 Å². The van der Waals surface area contributed by atoms with Crippen molar-refractivity contribution in [1.82, 2.24) is 10.6 Å². The number of amides is 1. The van der Waals surface area contributed by atoms with E-state index in [0.29, 0.717) is 38.1 Å². The molecule has 148 valence electrons. The van der Waals surface area contributed by atoms with E-state index in [9.17, 15) is 4.79 Å². The zero-order chi connectivity index (χ0) is 18.3. The number of carbonyl (C=O) groups is 1. The summed E-state index contributed by atoms with van der Waals surface area (Å²) in [6.07, 6.45) is 0.876. The fourth-order valence-electron chi connectivity index (χ4n) is 1.93. The third-order valence-corrected chi connectivity index (χ3v) is 3.15. The average molecular weight is 480 g/mol. The molecule has 0 fully saturated rings. The van der Waals surface area contributed by atoms with Crippen molar-refractivity contribution in [1.29, 1.82) is 0 Å². The molecule has 0 saturated carbocycles. The minimum atomic E-state index is -0.501. The zero-order valence-electron chi connectivity index (χ0n) is 15.3. The number of hydrogen-bond donors (Lipinski definition) is 3. The second-order valence-corrected chi connectivity index (χ2v) is 5.21. The number of aliphatic imine (C=N–C) groups is 1. The van der Waals surface area contributed by atoms with Gasteiger partial charge in [0.15, 0.2) is 12.6 Å². The first kappa shape index (κ1) is 24.4. The fraction of sp³-hybridized carbons (Fsp3) is 0.529. The van der Waals surface area contributed by atoms with Gasteiger partial charge in [-0.05, 0) is 24.1 Å². The van der Waals surface area contributed by atoms with E-state index in [2.05, 4.69) is 15.6 Å². The first-order chi connectivity index (χ1) is 12.2. The molecule has 0 aliphatic carbocycles. The smallest absolute Gasteiger partial charge is 0.255 e. The van der Waals surface area contributed by atoms with E-state index in [-0.39, 0.29) is 30.6 Å². The molecule has 9 heteroatoms. The predicted octanol–water partition coefficient (Wildman–Crippen LogP) is 0.887. The van der Waals surface area contributed by atoms with Gasteiger partial charge in [-0.1, -0.05) is 12.1 Å². The van der Waals surface area contributed by atoms with Crippen molar-refractivity contribution in [2.75, 3.05) is 47.1 Å². The summed E-state index contributed by atoms with van der Waals surface area (Å²) < 4.78 is 15.6. The number of nitrogens with zero attached hydrogens (tertiary/aromatic N) is 1. The largest absolute Gasteiger partial charge is 0.484 e. The molecule has 1 aromatic carbocycles. The Balaban J connectivity index is 0.00000625. The number of benzene rings is 1. The van der Waals surface area contributed by atoms with Crippen LogP contribution in [0.4, 0.5) is 0 Å². The molecule has 8 nitrogen and oxygen atoms in total. The van der Waals surface area contributed by atoms with E-state index in [0.717, 1.165) is 18.5 Å². The second-order valence-electron chi connectivity index (χ2n) is 5.21. The van der Waals surface area contributed by atoms with Crippen molar-refractivity contribution in [2.24, 2.45) is 10.7 Å². The lowest BCUT2D eigenvalue weighted by atomic mass is 10.2. The number of nitrogens with one attached hydrogen (secondary N) is 2. The van der Waals surface area contributed by atoms with Crippen molar-refractivity contribution in [2.45, 2.75) is 13.0 Å². The van der Waals surface area contributed by atoms with Crippen molar-refractivity contribution >= 4 is 35.8 Å². The summed E-state index contributed by atoms with van der Waals surface area (Å²) >= 11 is 0. The number of primary amides is 1. The minimum Gasteiger partial charge on any atom is -0.484 e. The maximum absolute atomic E-state index is 10.8. The van der Waals surface area contributed by atoms with Gasteiger partial charge in [-0.3, -0.25) is 9.79 Å². The van der Waals surface area contributed by atoms with Crippen LogP contribution in [0.25, 0.3) is 0 Å². The average Bonchev–Trinajstić information content (AvgIpc) is 2.62. The molecular formula is C17H29IN4O4. The van der Waals surface area contributed by atoms with Gasteiger partial charge < -0.3 is 30.6 Å². The van der Waals surface area contributed by atoms with Crippen LogP contribution in [0.5, 0.6) is 5.75 Å². The Morgan fingerprint density at radius 3 is 2.73 bits per heavy atom. The predicted molar refractivity (Wildman–Crippen MR) is 112 cm³/mol. The molecule has 0 saturated heterocycles. The molecule has 1 amide bonds. The van der Waals surface area contributed by atoms with Gasteiger partial charge in [0.25, 0.3) is 5.91 Å². The van der Waals surface area contributed by atoms with Gasteiger partial charge in [0.1, 0.15) is 5.75 Å². The number of rotatable bonds is 12. The van der Waals surface area contributed by atoms with Gasteiger partial charge in [-0.15, -0.1) is 24.0 Å². The molecule has 0 aliphatic rings. The molecular weight excluding hydrogens is 451 g/mol. The molecule has 0 bridgehead atoms. The third-order valence-electron chi connectivity index (χ3n) is 3.15. The highest BCUT2D eigenvalue weighted by molar-refractivity contribution is 14.0. The van der Waals surface area contributed by atoms with E-state index in [1.54, 1.807) is 20.2 Å². The van der Waals surface area contributed by atoms with Crippen LogP contribution < -0.4 is 21.1 Å². The number of hydrogen-bond acceptors (Lipinski definition) is 5. The van der Waals surface area contributed by atoms with Crippen LogP contribution >= 0.6 is 24.0 Å². The standard InChI is InChI=1S/C17H28N4O4.HI/c1-19-17(20-7-4-8-24-10-9-23-2)21-12-14-5-3-6-15(11-14)25-13-16(18)22;/h3,5-6,11H,4,7-10,12-13H2,1-2H3,(H2,18,22)(H2,19,20,21);1H. The van der Waals surface area contributed by atoms with Crippen molar-refractivity contribution < 1.29 is 19.0 Å². The molecule has 0 aliphatic heterocycles. The number of methoxy groups -OCH3 is 1. The maximum Gasteiger partial charge on any atom is 0.255 e. The van der Waals surface area contributed by atoms with Gasteiger partial charge >= 0.3 is 0 Å². The Labute approximate surface area is 171 Å². The molecule has 0 unspecified atom stereocenters. The zero-order valence-corrected chi connectivity index (χ0v) is 17.7. The highest BCUT2D eigenvalue weighted by Gasteiger charge is 2.01. The lowest BCUT2D eigenvalue weighted by molar-refractivity contribution is -0.119. The first-order valence-electron chi connectivity index (χ1n) is 8.17. The Morgan fingerprint density at radius 2 is 2.04 bits per heavy atom. The number of ether oxygens (including phenoxy) is 3. The fourth-order valence-corrected chi connectivity index (χ4v) is 1.93. The summed E-state index contributed by atoms with van der Waals surface area (Å²) in [7, 11) is 3.37. The molecule has 0 radical (unpaired) electrons. The minimum absolute atomic E-state index is 0. The highest BCUT2D eigenvalue weighted by Crippen LogP contribution is 2.12. The van der Waals surface area contributed by atoms with E-state index in [1.807, 2.05) is 18.2 Å². The Morgan fingerprint density at radius 1 is 1.23 bits per heavy atom. The summed E-state index contributed by atoms with van der Waals surface area (Å²) in [5.41, 5.74) is 6.08. The number of nitrogens with two attached hydrogens (primary N) is 1. The quantitative estimate of drug-likeness (QED) is 0.178. The van der Waals surface area contributed by atoms with Crippen LogP contribution in [0.2, 0.25) is 0 Å². The van der Waals surface area contributed by atoms with Gasteiger partial charge in [0.05, 0.1) is 13.2 Å². The van der Waals surface area contributed by atoms with Gasteiger partial charge in [0, 0.05) is 33.9 Å². The van der Waals surface area contributed by atoms with Crippen LogP contribution in [0.1, 0.15) is 12.0 Å². The second kappa shape index (κ2) is 15.6. The van der Waals surface area contributed by atoms with E-state index in [4.69, 9.17) is 19.9 Å². The lowest BCUT2D eigenvalue weighted by Gasteiger charge is -2.12. The normalized spacial score (nSPS) is 10.8. The maximum atomic E-state index is 10.8. The number of guanidine groups is 1. The van der Waals surface area contributed by atoms with E-state index < -0.39 is 5.91 Å². The molecule has 0 heterocycles. The first-order valence-corrected chi connectivity index (χ1v) is 8.17. The molecule has 0 spiro atoms. The summed E-state index contributed by atoms with van der Waals surface area (Å²) in [5, 5.41) is 6.44. The summed E-state index contributed by atoms with van der Waals surface area (Å²) in [6.45, 7) is 3.10. The summed E-state index contributed by atoms with van der Waals surface area (Å²) in [5.74, 6) is 0.814. The number of carbonyl (C=O) groups excluding carboxylic acids is 1. The van der Waals surface area contributed by atoms with Crippen LogP contribution in [0.3, 0.4) is 0 Å². The van der Waals surface area contributed by atoms with Crippen LogP contribution in [-0.4, -0.2) is 59.0 Å². The topological polar surface area (TPSA) is 107 Å². The molecule has 4 N–H and O–H groups in total. The molecule has 1 aromatic rings. The highest BCUT2D eigenvalue weighted by atomic mass is 127. The number of halogens is 1. The monoisotopic (exact) mass is 480 g/mol.